The van der Waals surface area contributed by atoms with Crippen LogP contribution in [0.3, 0.4) is 0 Å². The zero-order valence-corrected chi connectivity index (χ0v) is 13.0. The normalized spacial score (nSPS) is 11.7. The Hall–Kier alpha value is 0.630. The summed E-state index contributed by atoms with van der Waals surface area (Å²) in [6, 6.07) is 0. The fourth-order valence-corrected chi connectivity index (χ4v) is 2.34. The van der Waals surface area contributed by atoms with Crippen molar-refractivity contribution in [2.45, 2.75) is 68.4 Å². The number of hydrogen-bond donors (Lipinski definition) is 0. The largest absolute Gasteiger partial charge is 0.300 e. The Morgan fingerprint density at radius 2 is 1.60 bits per heavy atom. The second-order valence-electron chi connectivity index (χ2n) is 4.10. The molecule has 0 radical (unpaired) electrons. The molecule has 0 atom stereocenters. The van der Waals surface area contributed by atoms with Gasteiger partial charge in [0.15, 0.2) is 0 Å². The van der Waals surface area contributed by atoms with E-state index in [-0.39, 0.29) is 3.23 Å². The molecular formula is C12H22Br2O. The van der Waals surface area contributed by atoms with E-state index in [4.69, 9.17) is 0 Å². The summed E-state index contributed by atoms with van der Waals surface area (Å²) in [4.78, 5) is 11.5. The Morgan fingerprint density at radius 1 is 1.00 bits per heavy atom. The Bertz CT molecular complexity index is 178. The number of Topliss-reactive ketones (excluding diaryl/α,β-unsaturated/α-hetero) is 1. The fourth-order valence-electron chi connectivity index (χ4n) is 1.38. The van der Waals surface area contributed by atoms with Gasteiger partial charge in [-0.05, 0) is 19.3 Å². The molecule has 0 fully saturated rings. The summed E-state index contributed by atoms with van der Waals surface area (Å²) < 4.78 is -0.0160. The molecule has 90 valence electrons. The highest BCUT2D eigenvalue weighted by molar-refractivity contribution is 9.25. The van der Waals surface area contributed by atoms with Gasteiger partial charge in [-0.1, -0.05) is 65.0 Å². The molecule has 0 saturated carbocycles. The molecule has 15 heavy (non-hydrogen) atoms. The van der Waals surface area contributed by atoms with E-state index >= 15 is 0 Å². The van der Waals surface area contributed by atoms with E-state index < -0.39 is 0 Å². The lowest BCUT2D eigenvalue weighted by Crippen LogP contribution is -2.13. The van der Waals surface area contributed by atoms with E-state index in [2.05, 4.69) is 45.7 Å². The molecule has 0 unspecified atom stereocenters. The van der Waals surface area contributed by atoms with E-state index in [0.29, 0.717) is 12.2 Å². The van der Waals surface area contributed by atoms with Gasteiger partial charge in [0.1, 0.15) is 5.78 Å². The van der Waals surface area contributed by atoms with Crippen LogP contribution in [0.15, 0.2) is 0 Å². The number of rotatable bonds is 9. The average Bonchev–Trinajstić information content (AvgIpc) is 2.21. The van der Waals surface area contributed by atoms with Gasteiger partial charge >= 0.3 is 0 Å². The number of halogens is 2. The van der Waals surface area contributed by atoms with Crippen LogP contribution >= 0.6 is 31.9 Å². The zero-order chi connectivity index (χ0) is 11.7. The highest BCUT2D eigenvalue weighted by atomic mass is 79.9. The molecule has 0 spiro atoms. The van der Waals surface area contributed by atoms with Gasteiger partial charge in [0.2, 0.25) is 0 Å². The molecule has 0 saturated heterocycles. The van der Waals surface area contributed by atoms with Crippen LogP contribution in [-0.4, -0.2) is 9.02 Å². The molecule has 0 aromatic carbocycles. The minimum atomic E-state index is -0.0160. The van der Waals surface area contributed by atoms with Gasteiger partial charge in [-0.3, -0.25) is 4.79 Å². The Labute approximate surface area is 111 Å². The van der Waals surface area contributed by atoms with Crippen molar-refractivity contribution in [3.05, 3.63) is 0 Å². The summed E-state index contributed by atoms with van der Waals surface area (Å²) in [7, 11) is 0. The molecule has 0 aromatic rings. The fraction of sp³-hybridized carbons (Fsp3) is 0.917. The first-order chi connectivity index (χ1) is 7.02. The van der Waals surface area contributed by atoms with E-state index in [1.165, 1.54) is 12.8 Å². The van der Waals surface area contributed by atoms with Crippen LogP contribution in [0, 0.1) is 0 Å². The minimum Gasteiger partial charge on any atom is -0.300 e. The van der Waals surface area contributed by atoms with Gasteiger partial charge in [0, 0.05) is 12.8 Å². The van der Waals surface area contributed by atoms with Crippen molar-refractivity contribution in [3.63, 3.8) is 0 Å². The summed E-state index contributed by atoms with van der Waals surface area (Å²) in [6.07, 6.45) is 7.96. The molecular weight excluding hydrogens is 320 g/mol. The maximum Gasteiger partial charge on any atom is 0.132 e. The molecule has 0 aliphatic carbocycles. The lowest BCUT2D eigenvalue weighted by Gasteiger charge is -2.19. The topological polar surface area (TPSA) is 17.1 Å². The molecule has 0 N–H and O–H groups in total. The van der Waals surface area contributed by atoms with Gasteiger partial charge in [-0.2, -0.15) is 0 Å². The van der Waals surface area contributed by atoms with Gasteiger partial charge < -0.3 is 0 Å². The maximum absolute atomic E-state index is 11.5. The highest BCUT2D eigenvalue weighted by Crippen LogP contribution is 2.36. The lowest BCUT2D eigenvalue weighted by molar-refractivity contribution is -0.119. The standard InChI is InChI=1S/C12H22Br2O/c1-3-5-7-11(15)8-10-12(13,14)9-6-4-2/h3-10H2,1-2H3. The highest BCUT2D eigenvalue weighted by Gasteiger charge is 2.22. The van der Waals surface area contributed by atoms with Crippen molar-refractivity contribution in [3.8, 4) is 0 Å². The summed E-state index contributed by atoms with van der Waals surface area (Å²) in [5.74, 6) is 0.400. The third kappa shape index (κ3) is 9.55. The van der Waals surface area contributed by atoms with Crippen molar-refractivity contribution in [2.75, 3.05) is 0 Å². The number of hydrogen-bond acceptors (Lipinski definition) is 1. The molecule has 0 aliphatic heterocycles. The van der Waals surface area contributed by atoms with E-state index in [1.807, 2.05) is 0 Å². The number of carbonyl (C=O) groups excluding carboxylic acids is 1. The lowest BCUT2D eigenvalue weighted by atomic mass is 10.1. The van der Waals surface area contributed by atoms with E-state index in [0.717, 1.165) is 32.1 Å². The smallest absolute Gasteiger partial charge is 0.132 e. The summed E-state index contributed by atoms with van der Waals surface area (Å²) in [5, 5.41) is 0. The molecule has 0 heterocycles. The molecule has 0 aliphatic rings. The van der Waals surface area contributed by atoms with E-state index in [1.54, 1.807) is 0 Å². The van der Waals surface area contributed by atoms with Gasteiger partial charge in [-0.15, -0.1) is 0 Å². The predicted molar refractivity (Wildman–Crippen MR) is 73.9 cm³/mol. The van der Waals surface area contributed by atoms with Gasteiger partial charge in [-0.25, -0.2) is 0 Å². The third-order valence-corrected chi connectivity index (χ3v) is 4.06. The molecule has 1 nitrogen and oxygen atoms in total. The number of alkyl halides is 2. The first-order valence-corrected chi connectivity index (χ1v) is 7.50. The SMILES string of the molecule is CCCCC(=O)CCC(Br)(Br)CCCC. The second kappa shape index (κ2) is 8.74. The average molecular weight is 342 g/mol. The van der Waals surface area contributed by atoms with Crippen LogP contribution < -0.4 is 0 Å². The molecule has 0 aromatic heterocycles. The van der Waals surface area contributed by atoms with Crippen molar-refractivity contribution in [2.24, 2.45) is 0 Å². The van der Waals surface area contributed by atoms with Crippen LogP contribution in [0.1, 0.15) is 65.2 Å². The van der Waals surface area contributed by atoms with Crippen molar-refractivity contribution >= 4 is 37.6 Å². The Morgan fingerprint density at radius 3 is 2.13 bits per heavy atom. The van der Waals surface area contributed by atoms with Crippen molar-refractivity contribution < 1.29 is 4.79 Å². The van der Waals surface area contributed by atoms with Gasteiger partial charge in [0.05, 0.1) is 3.23 Å². The van der Waals surface area contributed by atoms with Crippen LogP contribution in [0.25, 0.3) is 0 Å². The minimum absolute atomic E-state index is 0.0160. The van der Waals surface area contributed by atoms with Crippen LogP contribution in [0.4, 0.5) is 0 Å². The quantitative estimate of drug-likeness (QED) is 0.526. The van der Waals surface area contributed by atoms with Crippen molar-refractivity contribution in [1.29, 1.82) is 0 Å². The van der Waals surface area contributed by atoms with Gasteiger partial charge in [0.25, 0.3) is 0 Å². The van der Waals surface area contributed by atoms with Crippen LogP contribution in [0.5, 0.6) is 0 Å². The summed E-state index contributed by atoms with van der Waals surface area (Å²) in [5.41, 5.74) is 0. The predicted octanol–water partition coefficient (Wildman–Crippen LogP) is 5.20. The molecule has 0 amide bonds. The third-order valence-electron chi connectivity index (χ3n) is 2.47. The Kier molecular flexibility index (Phi) is 9.11. The zero-order valence-electron chi connectivity index (χ0n) is 9.82. The summed E-state index contributed by atoms with van der Waals surface area (Å²) in [6.45, 7) is 4.30. The van der Waals surface area contributed by atoms with Crippen LogP contribution in [0.2, 0.25) is 0 Å². The summed E-state index contributed by atoms with van der Waals surface area (Å²) >= 11 is 7.29. The maximum atomic E-state index is 11.5. The Balaban J connectivity index is 3.67. The number of carbonyl (C=O) groups is 1. The monoisotopic (exact) mass is 340 g/mol. The van der Waals surface area contributed by atoms with Crippen molar-refractivity contribution in [1.82, 2.24) is 0 Å². The number of ketones is 1. The van der Waals surface area contributed by atoms with Crippen LogP contribution in [-0.2, 0) is 4.79 Å². The first kappa shape index (κ1) is 15.6. The number of unbranched alkanes of at least 4 members (excludes halogenated alkanes) is 2. The molecule has 0 rings (SSSR count). The molecule has 0 bridgehead atoms. The molecule has 3 heteroatoms. The first-order valence-electron chi connectivity index (χ1n) is 5.91. The second-order valence-corrected chi connectivity index (χ2v) is 8.20. The van der Waals surface area contributed by atoms with E-state index in [9.17, 15) is 4.79 Å².